The van der Waals surface area contributed by atoms with Gasteiger partial charge >= 0.3 is 6.18 Å². The number of nitrogens with zero attached hydrogens (tertiary/aromatic N) is 4. The van der Waals surface area contributed by atoms with E-state index in [0.29, 0.717) is 28.5 Å². The number of aromatic nitrogens is 2. The number of nitrogens with one attached hydrogen (secondary N) is 2. The number of hydrogen-bond acceptors (Lipinski definition) is 4. The molecule has 3 aromatic carbocycles. The highest BCUT2D eigenvalue weighted by atomic mass is 35.5. The second kappa shape index (κ2) is 15.5. The van der Waals surface area contributed by atoms with Gasteiger partial charge in [-0.25, -0.2) is 4.98 Å². The van der Waals surface area contributed by atoms with Crippen LogP contribution >= 0.6 is 35.4 Å². The molecule has 0 spiro atoms. The Bertz CT molecular complexity index is 1720. The maximum atomic E-state index is 13.9. The van der Waals surface area contributed by atoms with Crippen molar-refractivity contribution in [2.75, 3.05) is 11.9 Å². The van der Waals surface area contributed by atoms with Gasteiger partial charge in [-0.15, -0.1) is 0 Å². The number of amides is 1. The molecule has 0 saturated carbocycles. The number of hydrogen-bond donors (Lipinski definition) is 2. The molecule has 240 valence electrons. The molecule has 0 unspecified atom stereocenters. The minimum Gasteiger partial charge on any atom is -0.351 e. The van der Waals surface area contributed by atoms with Crippen molar-refractivity contribution in [3.05, 3.63) is 117 Å². The van der Waals surface area contributed by atoms with Crippen molar-refractivity contribution in [1.29, 1.82) is 5.26 Å². The summed E-state index contributed by atoms with van der Waals surface area (Å²) in [7, 11) is 0. The summed E-state index contributed by atoms with van der Waals surface area (Å²) in [6, 6.07) is 18.8. The molecule has 1 atom stereocenters. The van der Waals surface area contributed by atoms with Crippen molar-refractivity contribution in [3.8, 4) is 6.07 Å². The molecule has 0 aliphatic rings. The van der Waals surface area contributed by atoms with Gasteiger partial charge in [0.05, 0.1) is 40.7 Å². The van der Waals surface area contributed by atoms with Gasteiger partial charge in [0.1, 0.15) is 0 Å². The maximum absolute atomic E-state index is 13.9. The Labute approximate surface area is 280 Å². The second-order valence-electron chi connectivity index (χ2n) is 11.0. The van der Waals surface area contributed by atoms with Crippen LogP contribution in [0.5, 0.6) is 0 Å². The smallest absolute Gasteiger partial charge is 0.351 e. The van der Waals surface area contributed by atoms with E-state index in [1.165, 1.54) is 24.3 Å². The lowest BCUT2D eigenvalue weighted by Gasteiger charge is -2.33. The minimum atomic E-state index is -4.57. The molecular formula is C33H31Cl2F3N6OS. The van der Waals surface area contributed by atoms with Crippen molar-refractivity contribution in [1.82, 2.24) is 19.8 Å². The van der Waals surface area contributed by atoms with Crippen LogP contribution in [0.25, 0.3) is 0 Å². The summed E-state index contributed by atoms with van der Waals surface area (Å²) in [6.45, 7) is 4.21. The molecule has 2 N–H and O–H groups in total. The SMILES string of the molecule is CC(C)[C@@H](CN(Cc1ccccc1C(F)(F)F)C(=S)Nc1ccc(Cl)cc1Cl)NC(=O)Cc1cncn1Cc1ccc(C#N)cc1. The number of imidazole rings is 1. The standard InChI is InChI=1S/C33H31Cl2F3N6OS/c1-21(2)30(41-31(45)14-26-16-40-20-44(26)17-23-9-7-22(15-39)8-10-23)19-43(18-24-5-3-4-6-27(24)33(36,37)38)32(46)42-29-12-11-25(34)13-28(29)35/h3-13,16,20-21,30H,14,17-19H2,1-2H3,(H,41,45)(H,42,46)/t30-/m1/s1. The van der Waals surface area contributed by atoms with Crippen molar-refractivity contribution >= 4 is 52.1 Å². The number of benzene rings is 3. The molecule has 0 aliphatic carbocycles. The van der Waals surface area contributed by atoms with Gasteiger partial charge in [-0.1, -0.05) is 67.4 Å². The van der Waals surface area contributed by atoms with Crippen molar-refractivity contribution < 1.29 is 18.0 Å². The number of carbonyl (C=O) groups excluding carboxylic acids is 1. The maximum Gasteiger partial charge on any atom is 0.416 e. The van der Waals surface area contributed by atoms with Gasteiger partial charge in [-0.2, -0.15) is 18.4 Å². The zero-order valence-corrected chi connectivity index (χ0v) is 27.3. The molecule has 4 rings (SSSR count). The Balaban J connectivity index is 1.53. The lowest BCUT2D eigenvalue weighted by Crippen LogP contribution is -2.49. The molecule has 4 aromatic rings. The Kier molecular flexibility index (Phi) is 11.7. The molecule has 1 heterocycles. The lowest BCUT2D eigenvalue weighted by atomic mass is 10.0. The fourth-order valence-electron chi connectivity index (χ4n) is 4.75. The molecule has 13 heteroatoms. The monoisotopic (exact) mass is 686 g/mol. The minimum absolute atomic E-state index is 0.0273. The van der Waals surface area contributed by atoms with Gasteiger partial charge in [0.25, 0.3) is 0 Å². The first-order valence-electron chi connectivity index (χ1n) is 14.3. The summed E-state index contributed by atoms with van der Waals surface area (Å²) in [6.07, 6.45) is -1.29. The first kappa shape index (κ1) is 34.8. The summed E-state index contributed by atoms with van der Waals surface area (Å²) < 4.78 is 43.6. The van der Waals surface area contributed by atoms with Crippen LogP contribution in [-0.4, -0.2) is 38.1 Å². The van der Waals surface area contributed by atoms with Crippen LogP contribution in [0.3, 0.4) is 0 Å². The quantitative estimate of drug-likeness (QED) is 0.157. The van der Waals surface area contributed by atoms with E-state index in [2.05, 4.69) is 21.7 Å². The number of anilines is 1. The predicted molar refractivity (Wildman–Crippen MR) is 177 cm³/mol. The van der Waals surface area contributed by atoms with Gasteiger partial charge in [-0.3, -0.25) is 4.79 Å². The highest BCUT2D eigenvalue weighted by Crippen LogP contribution is 2.33. The second-order valence-corrected chi connectivity index (χ2v) is 12.2. The Morgan fingerprint density at radius 1 is 1.11 bits per heavy atom. The van der Waals surface area contributed by atoms with Gasteiger partial charge in [-0.05, 0) is 65.7 Å². The fourth-order valence-corrected chi connectivity index (χ4v) is 5.45. The van der Waals surface area contributed by atoms with Crippen LogP contribution in [-0.2, 0) is 30.5 Å². The van der Waals surface area contributed by atoms with Crippen LogP contribution in [0.4, 0.5) is 18.9 Å². The third-order valence-electron chi connectivity index (χ3n) is 7.29. The number of rotatable bonds is 11. The van der Waals surface area contributed by atoms with Crippen molar-refractivity contribution in [2.24, 2.45) is 5.92 Å². The normalized spacial score (nSPS) is 12.0. The summed E-state index contributed by atoms with van der Waals surface area (Å²) >= 11 is 18.1. The molecule has 0 saturated heterocycles. The van der Waals surface area contributed by atoms with Crippen LogP contribution in [0, 0.1) is 17.2 Å². The van der Waals surface area contributed by atoms with Crippen LogP contribution < -0.4 is 10.6 Å². The third-order valence-corrected chi connectivity index (χ3v) is 8.20. The zero-order valence-electron chi connectivity index (χ0n) is 25.0. The summed E-state index contributed by atoms with van der Waals surface area (Å²) in [5, 5.41) is 16.0. The van der Waals surface area contributed by atoms with Gasteiger partial charge in [0.15, 0.2) is 5.11 Å². The highest BCUT2D eigenvalue weighted by molar-refractivity contribution is 7.80. The summed E-state index contributed by atoms with van der Waals surface area (Å²) in [5.74, 6) is -0.384. The average molecular weight is 688 g/mol. The molecule has 1 aromatic heterocycles. The van der Waals surface area contributed by atoms with Gasteiger partial charge in [0.2, 0.25) is 5.91 Å². The van der Waals surface area contributed by atoms with E-state index >= 15 is 0 Å². The summed E-state index contributed by atoms with van der Waals surface area (Å²) in [4.78, 5) is 19.1. The number of alkyl halides is 3. The number of thiocarbonyl (C=S) groups is 1. The zero-order chi connectivity index (χ0) is 33.4. The van der Waals surface area contributed by atoms with Crippen LogP contribution in [0.1, 0.15) is 41.8 Å². The molecule has 0 fully saturated rings. The average Bonchev–Trinajstić information content (AvgIpc) is 3.43. The topological polar surface area (TPSA) is 86.0 Å². The lowest BCUT2D eigenvalue weighted by molar-refractivity contribution is -0.138. The van der Waals surface area contributed by atoms with E-state index in [4.69, 9.17) is 40.7 Å². The number of nitriles is 1. The van der Waals surface area contributed by atoms with Crippen LogP contribution in [0.15, 0.2) is 79.3 Å². The molecule has 0 bridgehead atoms. The molecule has 1 amide bonds. The molecule has 0 radical (unpaired) electrons. The first-order chi connectivity index (χ1) is 21.8. The van der Waals surface area contributed by atoms with E-state index in [9.17, 15) is 18.0 Å². The Hall–Kier alpha value is -4.11. The van der Waals surface area contributed by atoms with E-state index in [1.807, 2.05) is 30.5 Å². The third kappa shape index (κ3) is 9.45. The summed E-state index contributed by atoms with van der Waals surface area (Å²) in [5.41, 5.74) is 1.86. The number of carbonyl (C=O) groups is 1. The van der Waals surface area contributed by atoms with Gasteiger partial charge in [0, 0.05) is 42.6 Å². The van der Waals surface area contributed by atoms with E-state index in [-0.39, 0.29) is 47.0 Å². The highest BCUT2D eigenvalue weighted by Gasteiger charge is 2.34. The Morgan fingerprint density at radius 3 is 2.48 bits per heavy atom. The van der Waals surface area contributed by atoms with E-state index in [0.717, 1.165) is 11.6 Å². The molecule has 7 nitrogen and oxygen atoms in total. The predicted octanol–water partition coefficient (Wildman–Crippen LogP) is 7.71. The van der Waals surface area contributed by atoms with Crippen LogP contribution in [0.2, 0.25) is 10.0 Å². The van der Waals surface area contributed by atoms with E-state index < -0.39 is 17.8 Å². The largest absolute Gasteiger partial charge is 0.416 e. The first-order valence-corrected chi connectivity index (χ1v) is 15.4. The fraction of sp³-hybridized carbons (Fsp3) is 0.273. The number of halogens is 5. The van der Waals surface area contributed by atoms with E-state index in [1.54, 1.807) is 41.7 Å². The Morgan fingerprint density at radius 2 is 1.83 bits per heavy atom. The molecule has 46 heavy (non-hydrogen) atoms. The molecule has 0 aliphatic heterocycles. The van der Waals surface area contributed by atoms with Crippen molar-refractivity contribution in [2.45, 2.75) is 45.6 Å². The van der Waals surface area contributed by atoms with Gasteiger partial charge < -0.3 is 20.1 Å². The van der Waals surface area contributed by atoms with Crippen molar-refractivity contribution in [3.63, 3.8) is 0 Å². The molecular weight excluding hydrogens is 656 g/mol.